The number of hydrogen-bond acceptors (Lipinski definition) is 5. The number of furan rings is 1. The Labute approximate surface area is 523 Å². The first-order chi connectivity index (χ1) is 41.9. The summed E-state index contributed by atoms with van der Waals surface area (Å²) in [5.74, 6) is 0. The lowest BCUT2D eigenvalue weighted by atomic mass is 9.86. The first-order valence-electron chi connectivity index (χ1n) is 30.2. The third-order valence-electron chi connectivity index (χ3n) is 17.2. The minimum Gasteiger partial charge on any atom is -0.456 e. The fourth-order valence-corrected chi connectivity index (χ4v) is 18.5. The molecular formula is C80H72ClN3OSSi. The van der Waals surface area contributed by atoms with Gasteiger partial charge >= 0.3 is 0 Å². The molecule has 0 aliphatic carbocycles. The summed E-state index contributed by atoms with van der Waals surface area (Å²) >= 11 is 10.4. The number of anilines is 9. The van der Waals surface area contributed by atoms with Gasteiger partial charge in [-0.1, -0.05) is 238 Å². The number of halogens is 1. The molecule has 0 saturated heterocycles. The number of para-hydroxylation sites is 2. The second kappa shape index (κ2) is 22.7. The van der Waals surface area contributed by atoms with Gasteiger partial charge in [0.05, 0.1) is 22.1 Å². The minimum atomic E-state index is -3.31. The van der Waals surface area contributed by atoms with Crippen molar-refractivity contribution < 1.29 is 4.42 Å². The van der Waals surface area contributed by atoms with Gasteiger partial charge in [0.1, 0.15) is 11.2 Å². The molecule has 0 bridgehead atoms. The van der Waals surface area contributed by atoms with Gasteiger partial charge in [0.15, 0.2) is 8.07 Å². The largest absolute Gasteiger partial charge is 0.456 e. The van der Waals surface area contributed by atoms with E-state index in [0.717, 1.165) is 78.5 Å². The normalized spacial score (nSPS) is 12.3. The Balaban J connectivity index is 1.14. The molecular weight excluding hydrogens is 1110 g/mol. The molecule has 13 aromatic rings. The smallest absolute Gasteiger partial charge is 0.179 e. The molecule has 0 N–H and O–H groups in total. The Hall–Kier alpha value is -8.91. The monoisotopic (exact) mass is 1190 g/mol. The van der Waals surface area contributed by atoms with Gasteiger partial charge in [-0.05, 0) is 157 Å². The van der Waals surface area contributed by atoms with Crippen LogP contribution >= 0.6 is 22.9 Å². The van der Waals surface area contributed by atoms with Gasteiger partial charge < -0.3 is 19.1 Å². The highest BCUT2D eigenvalue weighted by atomic mass is 35.5. The van der Waals surface area contributed by atoms with Gasteiger partial charge in [0.25, 0.3) is 0 Å². The van der Waals surface area contributed by atoms with Crippen LogP contribution in [0.15, 0.2) is 277 Å². The van der Waals surface area contributed by atoms with E-state index in [1.54, 1.807) is 11.3 Å². The van der Waals surface area contributed by atoms with Crippen molar-refractivity contribution in [1.82, 2.24) is 0 Å². The second-order valence-corrected chi connectivity index (χ2v) is 31.1. The molecule has 0 aliphatic heterocycles. The SMILES string of the molecule is CC(C)(C)c1ccc(N(c2ccc(C(C)(C)C)cc2)c2cccc(N(c3ccccc3)c3cc([Si](c4ccccc4)(c4ccccc4)c4ccccc4)cc(N(c4ccc5oc6ccccc6c5c4)c4csc5ccc(C(C)(C)C)cc45)c3Cl)c2)cc1. The van der Waals surface area contributed by atoms with E-state index in [9.17, 15) is 0 Å². The topological polar surface area (TPSA) is 22.9 Å². The molecule has 430 valence electrons. The maximum atomic E-state index is 8.68. The lowest BCUT2D eigenvalue weighted by molar-refractivity contribution is 0.590. The lowest BCUT2D eigenvalue weighted by Crippen LogP contribution is -2.74. The summed E-state index contributed by atoms with van der Waals surface area (Å²) in [5.41, 5.74) is 14.1. The zero-order chi connectivity index (χ0) is 60.2. The van der Waals surface area contributed by atoms with E-state index >= 15 is 0 Å². The Morgan fingerprint density at radius 3 is 1.29 bits per heavy atom. The average Bonchev–Trinajstić information content (AvgIpc) is 1.26. The van der Waals surface area contributed by atoms with Crippen molar-refractivity contribution in [3.05, 3.63) is 294 Å². The van der Waals surface area contributed by atoms with E-state index < -0.39 is 8.07 Å². The van der Waals surface area contributed by atoms with Gasteiger partial charge in [-0.25, -0.2) is 0 Å². The predicted octanol–water partition coefficient (Wildman–Crippen LogP) is 21.1. The zero-order valence-electron chi connectivity index (χ0n) is 51.0. The summed E-state index contributed by atoms with van der Waals surface area (Å²) in [5, 5.41) is 11.1. The van der Waals surface area contributed by atoms with Gasteiger partial charge in [0.2, 0.25) is 0 Å². The molecule has 0 amide bonds. The van der Waals surface area contributed by atoms with Crippen molar-refractivity contribution in [2.75, 3.05) is 14.7 Å². The number of fused-ring (bicyclic) bond motifs is 4. The van der Waals surface area contributed by atoms with Crippen molar-refractivity contribution in [3.63, 3.8) is 0 Å². The Morgan fingerprint density at radius 1 is 0.322 bits per heavy atom. The molecule has 2 aromatic heterocycles. The summed E-state index contributed by atoms with van der Waals surface area (Å²) in [6.45, 7) is 20.5. The molecule has 87 heavy (non-hydrogen) atoms. The number of nitrogens with zero attached hydrogens (tertiary/aromatic N) is 3. The average molecular weight is 1190 g/mol. The van der Waals surface area contributed by atoms with Crippen LogP contribution in [-0.4, -0.2) is 8.07 Å². The lowest BCUT2D eigenvalue weighted by Gasteiger charge is -2.38. The molecule has 0 radical (unpaired) electrons. The maximum Gasteiger partial charge on any atom is 0.179 e. The Kier molecular flexibility index (Phi) is 14.9. The minimum absolute atomic E-state index is 0.00962. The standard InChI is InChI=1S/C80H72ClN3OSSi/c1-78(2,3)55-37-42-59(43-38-55)82(60-44-39-56(40-45-60)79(4,5)6)61-27-24-28-62(50-61)83(58-25-14-10-15-26-58)71-52-67(87(64-29-16-11-17-30-64,65-31-18-12-19-32-65)66-33-20-13-21-34-66)53-72(77(71)81)84(73-54-86-76-48-41-57(49-70(73)76)80(7,8)9)63-46-47-75-69(51-63)68-35-22-23-36-74(68)85-75/h10-54H,1-9H3. The van der Waals surface area contributed by atoms with Crippen LogP contribution in [0.3, 0.4) is 0 Å². The van der Waals surface area contributed by atoms with Crippen LogP contribution in [0.2, 0.25) is 5.02 Å². The molecule has 11 aromatic carbocycles. The Morgan fingerprint density at radius 2 is 0.747 bits per heavy atom. The third kappa shape index (κ3) is 10.7. The van der Waals surface area contributed by atoms with Crippen LogP contribution in [0.5, 0.6) is 0 Å². The highest BCUT2D eigenvalue weighted by Gasteiger charge is 2.43. The maximum absolute atomic E-state index is 8.68. The van der Waals surface area contributed by atoms with Crippen LogP contribution in [0.25, 0.3) is 32.0 Å². The molecule has 4 nitrogen and oxygen atoms in total. The van der Waals surface area contributed by atoms with Crippen molar-refractivity contribution in [2.45, 2.75) is 78.6 Å². The van der Waals surface area contributed by atoms with Crippen LogP contribution in [0.1, 0.15) is 79.0 Å². The van der Waals surface area contributed by atoms with Gasteiger partial charge in [0, 0.05) is 60.4 Å². The van der Waals surface area contributed by atoms with E-state index in [4.69, 9.17) is 16.0 Å². The Bertz CT molecular complexity index is 4420. The predicted molar refractivity (Wildman–Crippen MR) is 378 cm³/mol. The molecule has 7 heteroatoms. The molecule has 0 spiro atoms. The zero-order valence-corrected chi connectivity index (χ0v) is 53.6. The van der Waals surface area contributed by atoms with Crippen LogP contribution < -0.4 is 35.4 Å². The third-order valence-corrected chi connectivity index (χ3v) is 23.3. The van der Waals surface area contributed by atoms with Crippen LogP contribution in [0.4, 0.5) is 51.2 Å². The van der Waals surface area contributed by atoms with E-state index in [-0.39, 0.29) is 16.2 Å². The van der Waals surface area contributed by atoms with Crippen molar-refractivity contribution in [3.8, 4) is 0 Å². The van der Waals surface area contributed by atoms with E-state index in [1.807, 2.05) is 6.07 Å². The van der Waals surface area contributed by atoms with Crippen molar-refractivity contribution in [2.24, 2.45) is 0 Å². The van der Waals surface area contributed by atoms with Gasteiger partial charge in [-0.3, -0.25) is 0 Å². The first kappa shape index (κ1) is 57.2. The summed E-state index contributed by atoms with van der Waals surface area (Å²) in [4.78, 5) is 7.21. The number of hydrogen-bond donors (Lipinski definition) is 0. The number of rotatable bonds is 13. The number of benzene rings is 11. The molecule has 0 fully saturated rings. The summed E-state index contributed by atoms with van der Waals surface area (Å²) in [6, 6.07) is 98.3. The van der Waals surface area contributed by atoms with E-state index in [2.05, 4.69) is 343 Å². The number of thiophene rings is 1. The van der Waals surface area contributed by atoms with Crippen molar-refractivity contribution >= 4 is 135 Å². The highest BCUT2D eigenvalue weighted by molar-refractivity contribution is 7.20. The molecule has 0 unspecified atom stereocenters. The molecule has 2 heterocycles. The highest BCUT2D eigenvalue weighted by Crippen LogP contribution is 2.51. The van der Waals surface area contributed by atoms with Crippen molar-refractivity contribution in [1.29, 1.82) is 0 Å². The molecule has 13 rings (SSSR count). The summed E-state index contributed by atoms with van der Waals surface area (Å²) in [6.07, 6.45) is 0. The fourth-order valence-electron chi connectivity index (χ4n) is 12.6. The van der Waals surface area contributed by atoms with Crippen LogP contribution in [0, 0.1) is 0 Å². The quantitative estimate of drug-likeness (QED) is 0.0848. The van der Waals surface area contributed by atoms with E-state index in [0.29, 0.717) is 5.02 Å². The van der Waals surface area contributed by atoms with Gasteiger partial charge in [-0.15, -0.1) is 11.3 Å². The summed E-state index contributed by atoms with van der Waals surface area (Å²) in [7, 11) is -3.31. The van der Waals surface area contributed by atoms with E-state index in [1.165, 1.54) is 42.1 Å². The molecule has 0 atom stereocenters. The second-order valence-electron chi connectivity index (χ2n) is 26.0. The first-order valence-corrected chi connectivity index (χ1v) is 33.4. The van der Waals surface area contributed by atoms with Crippen LogP contribution in [-0.2, 0) is 16.2 Å². The molecule has 0 saturated carbocycles. The fraction of sp³-hybridized carbons (Fsp3) is 0.150. The molecule has 0 aliphatic rings. The summed E-state index contributed by atoms with van der Waals surface area (Å²) < 4.78 is 7.76. The van der Waals surface area contributed by atoms with Gasteiger partial charge in [-0.2, -0.15) is 0 Å².